The van der Waals surface area contributed by atoms with Gasteiger partial charge in [0.15, 0.2) is 5.13 Å². The lowest BCUT2D eigenvalue weighted by atomic mass is 10.1. The molecule has 0 fully saturated rings. The fraction of sp³-hybridized carbons (Fsp3) is 0.231. The lowest BCUT2D eigenvalue weighted by molar-refractivity contribution is -0.384. The molecule has 8 heteroatoms. The van der Waals surface area contributed by atoms with E-state index in [0.29, 0.717) is 5.13 Å². The van der Waals surface area contributed by atoms with Crippen LogP contribution in [-0.2, 0) is 6.42 Å². The van der Waals surface area contributed by atoms with Gasteiger partial charge in [0.1, 0.15) is 0 Å². The lowest BCUT2D eigenvalue weighted by Gasteiger charge is -2.05. The fourth-order valence-electron chi connectivity index (χ4n) is 1.83. The number of nitrogens with two attached hydrogens (primary N) is 1. The molecule has 0 aliphatic carbocycles. The highest BCUT2D eigenvalue weighted by molar-refractivity contribution is 7.15. The summed E-state index contributed by atoms with van der Waals surface area (Å²) >= 11 is 1.36. The highest BCUT2D eigenvalue weighted by atomic mass is 32.1. The topological polar surface area (TPSA) is 111 Å². The number of amides is 1. The van der Waals surface area contributed by atoms with Crippen LogP contribution >= 0.6 is 11.3 Å². The Bertz CT molecular complexity index is 711. The molecule has 110 valence electrons. The molecule has 0 bridgehead atoms. The second-order valence-electron chi connectivity index (χ2n) is 4.36. The Morgan fingerprint density at radius 2 is 2.24 bits per heavy atom. The molecule has 0 aliphatic rings. The Balaban J connectivity index is 2.27. The normalized spacial score (nSPS) is 10.4. The van der Waals surface area contributed by atoms with Gasteiger partial charge in [-0.2, -0.15) is 0 Å². The first-order valence-corrected chi connectivity index (χ1v) is 7.05. The van der Waals surface area contributed by atoms with Crippen LogP contribution in [0.3, 0.4) is 0 Å². The van der Waals surface area contributed by atoms with E-state index in [2.05, 4.69) is 10.3 Å². The highest BCUT2D eigenvalue weighted by Crippen LogP contribution is 2.25. The second kappa shape index (κ2) is 5.88. The molecule has 7 nitrogen and oxygen atoms in total. The van der Waals surface area contributed by atoms with Crippen molar-refractivity contribution in [3.05, 3.63) is 44.4 Å². The van der Waals surface area contributed by atoms with Gasteiger partial charge in [-0.15, -0.1) is 11.3 Å². The number of aryl methyl sites for hydroxylation is 2. The minimum atomic E-state index is -0.570. The maximum absolute atomic E-state index is 12.2. The number of nitro groups is 1. The van der Waals surface area contributed by atoms with Crippen molar-refractivity contribution in [3.8, 4) is 0 Å². The quantitative estimate of drug-likeness (QED) is 0.512. The average Bonchev–Trinajstić information content (AvgIpc) is 2.78. The van der Waals surface area contributed by atoms with Crippen LogP contribution in [0.15, 0.2) is 18.2 Å². The van der Waals surface area contributed by atoms with Gasteiger partial charge in [-0.1, -0.05) is 6.92 Å². The lowest BCUT2D eigenvalue weighted by Crippen LogP contribution is -2.14. The largest absolute Gasteiger partial charge is 0.398 e. The molecular weight excluding hydrogens is 292 g/mol. The van der Waals surface area contributed by atoms with Crippen molar-refractivity contribution in [2.24, 2.45) is 0 Å². The van der Waals surface area contributed by atoms with Crippen molar-refractivity contribution in [2.75, 3.05) is 11.1 Å². The summed E-state index contributed by atoms with van der Waals surface area (Å²) in [5, 5.41) is 13.8. The predicted octanol–water partition coefficient (Wildman–Crippen LogP) is 2.76. The number of non-ortho nitro benzene ring substituents is 1. The number of carbonyl (C=O) groups is 1. The summed E-state index contributed by atoms with van der Waals surface area (Å²) < 4.78 is 0. The van der Waals surface area contributed by atoms with Crippen molar-refractivity contribution in [2.45, 2.75) is 20.3 Å². The van der Waals surface area contributed by atoms with Crippen LogP contribution in [0.5, 0.6) is 0 Å². The number of carbonyl (C=O) groups excluding carboxylic acids is 1. The van der Waals surface area contributed by atoms with Gasteiger partial charge in [-0.3, -0.25) is 20.2 Å². The summed E-state index contributed by atoms with van der Waals surface area (Å²) in [6.07, 6.45) is 0.775. The highest BCUT2D eigenvalue weighted by Gasteiger charge is 2.17. The number of hydrogen-bond acceptors (Lipinski definition) is 6. The summed E-state index contributed by atoms with van der Waals surface area (Å²) in [4.78, 5) is 27.7. The van der Waals surface area contributed by atoms with Gasteiger partial charge in [-0.05, 0) is 19.4 Å². The summed E-state index contributed by atoms with van der Waals surface area (Å²) in [6, 6.07) is 3.76. The molecule has 1 aromatic heterocycles. The first-order chi connectivity index (χ1) is 9.92. The zero-order valence-corrected chi connectivity index (χ0v) is 12.4. The van der Waals surface area contributed by atoms with Crippen LogP contribution in [0.2, 0.25) is 0 Å². The van der Waals surface area contributed by atoms with Gasteiger partial charge in [0.25, 0.3) is 11.6 Å². The summed E-state index contributed by atoms with van der Waals surface area (Å²) in [5.41, 5.74) is 6.69. The van der Waals surface area contributed by atoms with Crippen molar-refractivity contribution < 1.29 is 9.72 Å². The maximum Gasteiger partial charge on any atom is 0.270 e. The molecule has 0 aliphatic heterocycles. The zero-order chi connectivity index (χ0) is 15.6. The van der Waals surface area contributed by atoms with Crippen molar-refractivity contribution in [1.29, 1.82) is 0 Å². The number of nitrogens with one attached hydrogen (secondary N) is 1. The molecule has 0 saturated heterocycles. The molecule has 0 saturated carbocycles. The molecule has 0 atom stereocenters. The van der Waals surface area contributed by atoms with Crippen LogP contribution in [0.25, 0.3) is 0 Å². The molecule has 3 N–H and O–H groups in total. The SMILES string of the molecule is CCc1nc(NC(=O)c2cc([N+](=O)[O-])ccc2N)sc1C. The molecule has 1 heterocycles. The molecule has 0 radical (unpaired) electrons. The van der Waals surface area contributed by atoms with E-state index in [1.807, 2.05) is 13.8 Å². The smallest absolute Gasteiger partial charge is 0.270 e. The Morgan fingerprint density at radius 3 is 2.81 bits per heavy atom. The number of nitrogen functional groups attached to an aromatic ring is 1. The van der Waals surface area contributed by atoms with E-state index in [4.69, 9.17) is 5.73 Å². The third-order valence-electron chi connectivity index (χ3n) is 2.94. The number of anilines is 2. The van der Waals surface area contributed by atoms with Gasteiger partial charge in [0.05, 0.1) is 16.2 Å². The fourth-order valence-corrected chi connectivity index (χ4v) is 2.73. The van der Waals surface area contributed by atoms with Crippen molar-refractivity contribution in [3.63, 3.8) is 0 Å². The predicted molar refractivity (Wildman–Crippen MR) is 81.7 cm³/mol. The van der Waals surface area contributed by atoms with Gasteiger partial charge < -0.3 is 5.73 Å². The number of thiazole rings is 1. The Morgan fingerprint density at radius 1 is 1.52 bits per heavy atom. The second-order valence-corrected chi connectivity index (χ2v) is 5.56. The van der Waals surface area contributed by atoms with Gasteiger partial charge in [0, 0.05) is 22.7 Å². The first-order valence-electron chi connectivity index (χ1n) is 6.24. The number of hydrogen-bond donors (Lipinski definition) is 2. The number of nitrogens with zero attached hydrogens (tertiary/aromatic N) is 2. The van der Waals surface area contributed by atoms with E-state index in [9.17, 15) is 14.9 Å². The standard InChI is InChI=1S/C13H14N4O3S/c1-3-11-7(2)21-13(15-11)16-12(18)9-6-8(17(19)20)4-5-10(9)14/h4-6H,3,14H2,1-2H3,(H,15,16,18). The van der Waals surface area contributed by atoms with Crippen LogP contribution < -0.4 is 11.1 Å². The zero-order valence-electron chi connectivity index (χ0n) is 11.5. The van der Waals surface area contributed by atoms with E-state index in [-0.39, 0.29) is 16.9 Å². The molecule has 21 heavy (non-hydrogen) atoms. The first kappa shape index (κ1) is 14.9. The Labute approximate surface area is 125 Å². The molecule has 2 rings (SSSR count). The van der Waals surface area contributed by atoms with Gasteiger partial charge >= 0.3 is 0 Å². The van der Waals surface area contributed by atoms with E-state index >= 15 is 0 Å². The van der Waals surface area contributed by atoms with E-state index in [1.165, 1.54) is 23.5 Å². The minimum absolute atomic E-state index is 0.0649. The Hall–Kier alpha value is -2.48. The van der Waals surface area contributed by atoms with E-state index in [1.54, 1.807) is 0 Å². The molecule has 0 unspecified atom stereocenters. The molecule has 1 amide bonds. The minimum Gasteiger partial charge on any atom is -0.398 e. The van der Waals surface area contributed by atoms with Crippen molar-refractivity contribution >= 4 is 33.8 Å². The van der Waals surface area contributed by atoms with E-state index < -0.39 is 10.8 Å². The average molecular weight is 306 g/mol. The number of rotatable bonds is 4. The summed E-state index contributed by atoms with van der Waals surface area (Å²) in [5.74, 6) is -0.507. The molecule has 2 aromatic rings. The monoisotopic (exact) mass is 306 g/mol. The third kappa shape index (κ3) is 3.16. The third-order valence-corrected chi connectivity index (χ3v) is 3.87. The van der Waals surface area contributed by atoms with Crippen LogP contribution in [0.1, 0.15) is 27.9 Å². The molecule has 0 spiro atoms. The van der Waals surface area contributed by atoms with Crippen LogP contribution in [-0.4, -0.2) is 15.8 Å². The van der Waals surface area contributed by atoms with E-state index in [0.717, 1.165) is 23.1 Å². The summed E-state index contributed by atoms with van der Waals surface area (Å²) in [6.45, 7) is 3.90. The number of nitro benzene ring substituents is 1. The number of benzene rings is 1. The number of aromatic nitrogens is 1. The van der Waals surface area contributed by atoms with Gasteiger partial charge in [0.2, 0.25) is 0 Å². The van der Waals surface area contributed by atoms with Crippen molar-refractivity contribution in [1.82, 2.24) is 4.98 Å². The maximum atomic E-state index is 12.2. The van der Waals surface area contributed by atoms with Crippen LogP contribution in [0.4, 0.5) is 16.5 Å². The summed E-state index contributed by atoms with van der Waals surface area (Å²) in [7, 11) is 0. The molecule has 1 aromatic carbocycles. The van der Waals surface area contributed by atoms with Crippen LogP contribution in [0, 0.1) is 17.0 Å². The molecular formula is C13H14N4O3S. The van der Waals surface area contributed by atoms with Gasteiger partial charge in [-0.25, -0.2) is 4.98 Å². The Kier molecular flexibility index (Phi) is 4.18.